The van der Waals surface area contributed by atoms with Crippen LogP contribution in [0.25, 0.3) is 0 Å². The quantitative estimate of drug-likeness (QED) is 0.0195. The first-order valence-corrected chi connectivity index (χ1v) is 36.3. The SMILES string of the molecule is CC/C=C\C/C=C\C/C=C\C/C=C\C/C=C\C/C=C\C/C=C\C/C=C\C/C=C\C/C=C\CCCCCCCCC(=O)OC(COC(=O)CCCCCCCCC/C=C\C/C=C\C/C=C\C/C=C\C/C=C\C/C=C\C/C=C\CC)COP(=O)([O-])OCC[N+](C)(C)C. The molecule has 0 saturated heterocycles. The molecule has 2 atom stereocenters. The summed E-state index contributed by atoms with van der Waals surface area (Å²) in [7, 11) is 1.12. The first-order valence-electron chi connectivity index (χ1n) is 34.8. The maximum absolute atomic E-state index is 12.9. The van der Waals surface area contributed by atoms with Gasteiger partial charge in [-0.1, -0.05) is 278 Å². The highest BCUT2D eigenvalue weighted by Gasteiger charge is 2.22. The zero-order chi connectivity index (χ0) is 65.5. The van der Waals surface area contributed by atoms with Gasteiger partial charge >= 0.3 is 11.9 Å². The van der Waals surface area contributed by atoms with Gasteiger partial charge in [-0.25, -0.2) is 0 Å². The van der Waals surface area contributed by atoms with E-state index in [9.17, 15) is 19.0 Å². The van der Waals surface area contributed by atoms with Gasteiger partial charge in [0.25, 0.3) is 7.82 Å². The maximum atomic E-state index is 12.9. The number of allylic oxidation sites excluding steroid dienone is 34. The van der Waals surface area contributed by atoms with Crippen molar-refractivity contribution in [2.24, 2.45) is 0 Å². The number of quaternary nitrogens is 1. The van der Waals surface area contributed by atoms with Crippen molar-refractivity contribution in [3.8, 4) is 0 Å². The number of esters is 2. The summed E-state index contributed by atoms with van der Waals surface area (Å²) in [6, 6.07) is 0. The highest BCUT2D eigenvalue weighted by atomic mass is 31.2. The van der Waals surface area contributed by atoms with Crippen LogP contribution in [0.15, 0.2) is 207 Å². The van der Waals surface area contributed by atoms with Crippen LogP contribution in [-0.4, -0.2) is 70.0 Å². The fourth-order valence-corrected chi connectivity index (χ4v) is 9.27. The molecule has 504 valence electrons. The topological polar surface area (TPSA) is 111 Å². The summed E-state index contributed by atoms with van der Waals surface area (Å²) in [5.41, 5.74) is 0. The third-order valence-electron chi connectivity index (χ3n) is 13.8. The minimum absolute atomic E-state index is 0.0481. The molecule has 2 unspecified atom stereocenters. The second kappa shape index (κ2) is 68.0. The van der Waals surface area contributed by atoms with Crippen molar-refractivity contribution in [3.63, 3.8) is 0 Å². The van der Waals surface area contributed by atoms with E-state index in [1.807, 2.05) is 21.1 Å². The molecular weight excluding hydrogens is 1130 g/mol. The van der Waals surface area contributed by atoms with Gasteiger partial charge in [-0.15, -0.1) is 0 Å². The number of hydrogen-bond acceptors (Lipinski definition) is 8. The molecule has 0 saturated carbocycles. The molecule has 0 bridgehead atoms. The molecule has 0 rings (SSSR count). The first-order chi connectivity index (χ1) is 44.0. The summed E-state index contributed by atoms with van der Waals surface area (Å²) in [6.07, 6.45) is 107. The Morgan fingerprint density at radius 2 is 0.600 bits per heavy atom. The lowest BCUT2D eigenvalue weighted by molar-refractivity contribution is -0.870. The van der Waals surface area contributed by atoms with E-state index < -0.39 is 32.5 Å². The van der Waals surface area contributed by atoms with E-state index in [0.717, 1.165) is 173 Å². The highest BCUT2D eigenvalue weighted by Crippen LogP contribution is 2.38. The fraction of sp³-hybridized carbons (Fsp3) is 0.550. The number of phosphoric acid groups is 1. The van der Waals surface area contributed by atoms with E-state index in [2.05, 4.69) is 220 Å². The molecule has 0 heterocycles. The Balaban J connectivity index is 4.22. The van der Waals surface area contributed by atoms with E-state index in [0.29, 0.717) is 23.9 Å². The molecule has 0 aliphatic carbocycles. The van der Waals surface area contributed by atoms with E-state index >= 15 is 0 Å². The first kappa shape index (κ1) is 84.6. The smallest absolute Gasteiger partial charge is 0.306 e. The fourth-order valence-electron chi connectivity index (χ4n) is 8.55. The Morgan fingerprint density at radius 3 is 0.889 bits per heavy atom. The summed E-state index contributed by atoms with van der Waals surface area (Å²) >= 11 is 0. The molecule has 90 heavy (non-hydrogen) atoms. The zero-order valence-electron chi connectivity index (χ0n) is 57.2. The van der Waals surface area contributed by atoms with Gasteiger partial charge in [0.15, 0.2) is 6.10 Å². The summed E-state index contributed by atoms with van der Waals surface area (Å²) in [5.74, 6) is -0.880. The maximum Gasteiger partial charge on any atom is 0.306 e. The molecule has 0 aromatic carbocycles. The second-order valence-corrected chi connectivity index (χ2v) is 24.8. The number of carbonyl (C=O) groups excluding carboxylic acids is 2. The number of rotatable bonds is 61. The molecule has 0 aliphatic heterocycles. The van der Waals surface area contributed by atoms with Gasteiger partial charge in [0, 0.05) is 12.8 Å². The van der Waals surface area contributed by atoms with Gasteiger partial charge in [0.05, 0.1) is 27.7 Å². The van der Waals surface area contributed by atoms with Crippen LogP contribution in [0.5, 0.6) is 0 Å². The van der Waals surface area contributed by atoms with Crippen molar-refractivity contribution >= 4 is 19.8 Å². The normalized spacial score (nSPS) is 14.4. The number of unbranched alkanes of at least 4 members (excludes halogenated alkanes) is 13. The van der Waals surface area contributed by atoms with Crippen molar-refractivity contribution in [2.75, 3.05) is 47.5 Å². The van der Waals surface area contributed by atoms with Gasteiger partial charge in [0.1, 0.15) is 19.8 Å². The van der Waals surface area contributed by atoms with Crippen molar-refractivity contribution < 1.29 is 42.1 Å². The summed E-state index contributed by atoms with van der Waals surface area (Å²) in [6.45, 7) is 3.95. The Morgan fingerprint density at radius 1 is 0.344 bits per heavy atom. The molecule has 0 fully saturated rings. The lowest BCUT2D eigenvalue weighted by Crippen LogP contribution is -2.37. The Hall–Kier alpha value is -5.41. The molecule has 10 heteroatoms. The monoisotopic (exact) mass is 1260 g/mol. The number of hydrogen-bond donors (Lipinski definition) is 0. The number of phosphoric ester groups is 1. The average molecular weight is 1260 g/mol. The highest BCUT2D eigenvalue weighted by molar-refractivity contribution is 7.45. The van der Waals surface area contributed by atoms with Crippen LogP contribution in [0.1, 0.15) is 232 Å². The van der Waals surface area contributed by atoms with Gasteiger partial charge in [-0.2, -0.15) is 0 Å². The zero-order valence-corrected chi connectivity index (χ0v) is 58.1. The van der Waals surface area contributed by atoms with Crippen LogP contribution >= 0.6 is 7.82 Å². The molecule has 0 radical (unpaired) electrons. The van der Waals surface area contributed by atoms with Crippen LogP contribution in [-0.2, 0) is 32.7 Å². The predicted octanol–water partition coefficient (Wildman–Crippen LogP) is 22.4. The van der Waals surface area contributed by atoms with E-state index in [1.165, 1.54) is 19.3 Å². The lowest BCUT2D eigenvalue weighted by atomic mass is 10.1. The van der Waals surface area contributed by atoms with Crippen molar-refractivity contribution in [3.05, 3.63) is 207 Å². The number of nitrogens with zero attached hydrogens (tertiary/aromatic N) is 1. The van der Waals surface area contributed by atoms with E-state index in [-0.39, 0.29) is 26.1 Å². The van der Waals surface area contributed by atoms with Crippen LogP contribution < -0.4 is 4.89 Å². The number of ether oxygens (including phenoxy) is 2. The lowest BCUT2D eigenvalue weighted by Gasteiger charge is -2.28. The minimum atomic E-state index is -4.67. The minimum Gasteiger partial charge on any atom is -0.756 e. The standard InChI is InChI=1S/C80H126NO8P/c1-6-8-10-12-14-16-18-20-22-24-26-28-30-32-34-36-37-38-39-40-41-42-43-45-47-49-51-53-55-57-59-61-63-65-67-69-71-73-80(83)89-78(77-88-90(84,85)87-75-74-81(3,4)5)76-86-79(82)72-70-68-66-64-62-60-58-56-54-52-50-48-46-44-35-33-31-29-27-25-23-21-19-17-15-13-11-9-7-2/h8-11,14-17,20-23,26-29,32-35,37-38,40-41,43,45-46,48-49,51-52,54-55,57,78H,6-7,12-13,18-19,24-25,30-31,36,39,42,44,47,50,53,56,58-77H2,1-5H3/b10-8-,11-9-,16-14-,17-15-,22-20-,23-21-,28-26-,29-27-,34-32-,35-33-,38-37-,41-40-,45-43-,48-46-,51-49-,54-52-,57-55-. The van der Waals surface area contributed by atoms with Gasteiger partial charge in [-0.3, -0.25) is 14.2 Å². The third-order valence-corrected chi connectivity index (χ3v) is 14.8. The molecular formula is C80H126NO8P. The van der Waals surface area contributed by atoms with Crippen molar-refractivity contribution in [2.45, 2.75) is 238 Å². The number of likely N-dealkylation sites (N-methyl/N-ethyl adjacent to an activating group) is 1. The summed E-state index contributed by atoms with van der Waals surface area (Å²) in [4.78, 5) is 38.1. The van der Waals surface area contributed by atoms with Crippen molar-refractivity contribution in [1.29, 1.82) is 0 Å². The largest absolute Gasteiger partial charge is 0.756 e. The van der Waals surface area contributed by atoms with Gasteiger partial charge < -0.3 is 27.9 Å². The Bertz CT molecular complexity index is 2270. The van der Waals surface area contributed by atoms with Crippen LogP contribution in [0.4, 0.5) is 0 Å². The van der Waals surface area contributed by atoms with Crippen LogP contribution in [0.3, 0.4) is 0 Å². The average Bonchev–Trinajstić information content (AvgIpc) is 3.58. The molecule has 0 aromatic heterocycles. The predicted molar refractivity (Wildman–Crippen MR) is 387 cm³/mol. The summed E-state index contributed by atoms with van der Waals surface area (Å²) in [5, 5.41) is 0. The van der Waals surface area contributed by atoms with Crippen LogP contribution in [0.2, 0.25) is 0 Å². The second-order valence-electron chi connectivity index (χ2n) is 23.4. The molecule has 0 amide bonds. The molecule has 0 aliphatic rings. The van der Waals surface area contributed by atoms with E-state index in [1.54, 1.807) is 0 Å². The van der Waals surface area contributed by atoms with E-state index in [4.69, 9.17) is 18.5 Å². The van der Waals surface area contributed by atoms with Crippen molar-refractivity contribution in [1.82, 2.24) is 0 Å². The molecule has 0 N–H and O–H groups in total. The Labute approximate surface area is 551 Å². The number of carbonyl (C=O) groups is 2. The summed E-state index contributed by atoms with van der Waals surface area (Å²) < 4.78 is 34.3. The van der Waals surface area contributed by atoms with Gasteiger partial charge in [0.2, 0.25) is 0 Å². The van der Waals surface area contributed by atoms with Crippen LogP contribution in [0, 0.1) is 0 Å². The van der Waals surface area contributed by atoms with Gasteiger partial charge in [-0.05, 0) is 148 Å². The Kier molecular flexibility index (Phi) is 63.9. The molecule has 9 nitrogen and oxygen atoms in total. The molecule has 0 aromatic rings. The third kappa shape index (κ3) is 71.7. The molecule has 0 spiro atoms.